The number of nitrogens with one attached hydrogen (secondary N) is 1. The molecule has 1 aromatic heterocycles. The highest BCUT2D eigenvalue weighted by molar-refractivity contribution is 8.00. The highest BCUT2D eigenvalue weighted by atomic mass is 32.2. The van der Waals surface area contributed by atoms with Crippen LogP contribution in [0.1, 0.15) is 24.2 Å². The number of aryl methyl sites for hydroxylation is 1. The zero-order chi connectivity index (χ0) is 18.0. The smallest absolute Gasteiger partial charge is 0.221 e. The molecule has 2 aromatic carbocycles. The molecular formula is C19H19N3O2S. The molecule has 1 heterocycles. The lowest BCUT2D eigenvalue weighted by atomic mass is 10.1. The number of aromatic nitrogens is 2. The second kappa shape index (κ2) is 7.11. The van der Waals surface area contributed by atoms with Gasteiger partial charge in [-0.05, 0) is 43.3 Å². The van der Waals surface area contributed by atoms with Crippen LogP contribution in [0.3, 0.4) is 0 Å². The van der Waals surface area contributed by atoms with Gasteiger partial charge in [0.05, 0.1) is 16.3 Å². The quantitative estimate of drug-likeness (QED) is 0.558. The first-order chi connectivity index (χ1) is 12.0. The van der Waals surface area contributed by atoms with E-state index < -0.39 is 0 Å². The van der Waals surface area contributed by atoms with E-state index in [0.29, 0.717) is 11.3 Å². The number of amides is 1. The maximum Gasteiger partial charge on any atom is 0.221 e. The second-order valence-corrected chi connectivity index (χ2v) is 7.13. The van der Waals surface area contributed by atoms with Gasteiger partial charge in [-0.3, -0.25) is 9.59 Å². The van der Waals surface area contributed by atoms with Gasteiger partial charge in [-0.1, -0.05) is 23.9 Å². The van der Waals surface area contributed by atoms with Gasteiger partial charge in [0.15, 0.2) is 10.9 Å². The summed E-state index contributed by atoms with van der Waals surface area (Å²) in [6, 6.07) is 14.9. The lowest BCUT2D eigenvalue weighted by Crippen LogP contribution is -2.14. The zero-order valence-electron chi connectivity index (χ0n) is 14.3. The molecule has 128 valence electrons. The summed E-state index contributed by atoms with van der Waals surface area (Å²) in [4.78, 5) is 28.3. The molecule has 0 saturated carbocycles. The molecule has 6 heteroatoms. The zero-order valence-corrected chi connectivity index (χ0v) is 15.1. The number of thioether (sulfide) groups is 1. The van der Waals surface area contributed by atoms with Crippen LogP contribution < -0.4 is 5.32 Å². The Kier molecular flexibility index (Phi) is 4.90. The number of carbonyl (C=O) groups excluding carboxylic acids is 2. The fraction of sp³-hybridized carbons (Fsp3) is 0.211. The Morgan fingerprint density at radius 1 is 1.12 bits per heavy atom. The number of fused-ring (bicyclic) bond motifs is 1. The molecule has 0 aliphatic rings. The molecule has 1 amide bonds. The molecule has 3 rings (SSSR count). The van der Waals surface area contributed by atoms with Crippen molar-refractivity contribution in [3.63, 3.8) is 0 Å². The first-order valence-electron chi connectivity index (χ1n) is 7.95. The SMILES string of the molecule is CC(=O)Nc1ccc(C(=O)C(C)Sc2nc3ccccc3n2C)cc1. The van der Waals surface area contributed by atoms with Crippen molar-refractivity contribution in [1.82, 2.24) is 9.55 Å². The summed E-state index contributed by atoms with van der Waals surface area (Å²) < 4.78 is 2.00. The molecule has 0 spiro atoms. The third-order valence-corrected chi connectivity index (χ3v) is 5.03. The lowest BCUT2D eigenvalue weighted by molar-refractivity contribution is -0.114. The van der Waals surface area contributed by atoms with Crippen molar-refractivity contribution in [2.24, 2.45) is 7.05 Å². The van der Waals surface area contributed by atoms with Crippen molar-refractivity contribution in [3.8, 4) is 0 Å². The Labute approximate surface area is 150 Å². The normalized spacial score (nSPS) is 12.1. The summed E-state index contributed by atoms with van der Waals surface area (Å²) >= 11 is 1.45. The maximum absolute atomic E-state index is 12.7. The van der Waals surface area contributed by atoms with E-state index in [2.05, 4.69) is 10.3 Å². The van der Waals surface area contributed by atoms with Gasteiger partial charge in [-0.2, -0.15) is 0 Å². The largest absolute Gasteiger partial charge is 0.326 e. The number of ketones is 1. The van der Waals surface area contributed by atoms with Crippen LogP contribution in [0.25, 0.3) is 11.0 Å². The van der Waals surface area contributed by atoms with Crippen LogP contribution in [0, 0.1) is 0 Å². The fourth-order valence-electron chi connectivity index (χ4n) is 2.60. The highest BCUT2D eigenvalue weighted by Gasteiger charge is 2.19. The number of hydrogen-bond acceptors (Lipinski definition) is 4. The van der Waals surface area contributed by atoms with Crippen LogP contribution in [0.5, 0.6) is 0 Å². The molecule has 0 radical (unpaired) electrons. The van der Waals surface area contributed by atoms with E-state index >= 15 is 0 Å². The fourth-order valence-corrected chi connectivity index (χ4v) is 3.56. The van der Waals surface area contributed by atoms with Gasteiger partial charge in [0.25, 0.3) is 0 Å². The Morgan fingerprint density at radius 3 is 2.44 bits per heavy atom. The molecule has 0 aliphatic heterocycles. The minimum absolute atomic E-state index is 0.0337. The monoisotopic (exact) mass is 353 g/mol. The van der Waals surface area contributed by atoms with E-state index in [1.54, 1.807) is 24.3 Å². The summed E-state index contributed by atoms with van der Waals surface area (Å²) in [6.45, 7) is 3.34. The van der Waals surface area contributed by atoms with Crippen LogP contribution in [-0.4, -0.2) is 26.5 Å². The molecule has 3 aromatic rings. The molecule has 1 unspecified atom stereocenters. The van der Waals surface area contributed by atoms with Crippen molar-refractivity contribution in [2.75, 3.05) is 5.32 Å². The van der Waals surface area contributed by atoms with E-state index in [0.717, 1.165) is 16.2 Å². The van der Waals surface area contributed by atoms with E-state index in [4.69, 9.17) is 0 Å². The third-order valence-electron chi connectivity index (χ3n) is 3.89. The number of hydrogen-bond donors (Lipinski definition) is 1. The lowest BCUT2D eigenvalue weighted by Gasteiger charge is -2.11. The van der Waals surface area contributed by atoms with E-state index in [-0.39, 0.29) is 16.9 Å². The summed E-state index contributed by atoms with van der Waals surface area (Å²) in [6.07, 6.45) is 0. The molecule has 0 saturated heterocycles. The van der Waals surface area contributed by atoms with Crippen molar-refractivity contribution in [2.45, 2.75) is 24.3 Å². The molecule has 0 aliphatic carbocycles. The summed E-state index contributed by atoms with van der Waals surface area (Å²) in [7, 11) is 1.96. The average molecular weight is 353 g/mol. The predicted octanol–water partition coefficient (Wildman–Crippen LogP) is 3.90. The summed E-state index contributed by atoms with van der Waals surface area (Å²) in [5.74, 6) is -0.101. The van der Waals surface area contributed by atoms with Gasteiger partial charge in [0.2, 0.25) is 5.91 Å². The Bertz CT molecular complexity index is 931. The van der Waals surface area contributed by atoms with Gasteiger partial charge >= 0.3 is 0 Å². The predicted molar refractivity (Wildman–Crippen MR) is 101 cm³/mol. The molecule has 0 fully saturated rings. The molecule has 1 atom stereocenters. The Balaban J connectivity index is 1.75. The number of anilines is 1. The van der Waals surface area contributed by atoms with E-state index in [1.807, 2.05) is 42.8 Å². The van der Waals surface area contributed by atoms with Gasteiger partial charge in [-0.15, -0.1) is 0 Å². The molecular weight excluding hydrogens is 334 g/mol. The average Bonchev–Trinajstić information content (AvgIpc) is 2.90. The summed E-state index contributed by atoms with van der Waals surface area (Å²) in [5.41, 5.74) is 3.27. The van der Waals surface area contributed by atoms with Crippen molar-refractivity contribution < 1.29 is 9.59 Å². The minimum Gasteiger partial charge on any atom is -0.326 e. The van der Waals surface area contributed by atoms with E-state index in [1.165, 1.54) is 18.7 Å². The van der Waals surface area contributed by atoms with Gasteiger partial charge in [-0.25, -0.2) is 4.98 Å². The van der Waals surface area contributed by atoms with E-state index in [9.17, 15) is 9.59 Å². The van der Waals surface area contributed by atoms with Crippen LogP contribution in [0.4, 0.5) is 5.69 Å². The van der Waals surface area contributed by atoms with Crippen molar-refractivity contribution in [3.05, 3.63) is 54.1 Å². The maximum atomic E-state index is 12.7. The van der Waals surface area contributed by atoms with Crippen LogP contribution in [-0.2, 0) is 11.8 Å². The summed E-state index contributed by atoms with van der Waals surface area (Å²) in [5, 5.41) is 3.25. The number of carbonyl (C=O) groups is 2. The Morgan fingerprint density at radius 2 is 1.80 bits per heavy atom. The topological polar surface area (TPSA) is 64.0 Å². The molecule has 1 N–H and O–H groups in total. The second-order valence-electron chi connectivity index (χ2n) is 5.82. The molecule has 0 bridgehead atoms. The van der Waals surface area contributed by atoms with Gasteiger partial charge in [0, 0.05) is 25.2 Å². The number of imidazole rings is 1. The van der Waals surface area contributed by atoms with Gasteiger partial charge < -0.3 is 9.88 Å². The van der Waals surface area contributed by atoms with Crippen molar-refractivity contribution in [1.29, 1.82) is 0 Å². The van der Waals surface area contributed by atoms with Crippen LogP contribution in [0.2, 0.25) is 0 Å². The number of nitrogens with zero attached hydrogens (tertiary/aromatic N) is 2. The first kappa shape index (κ1) is 17.2. The first-order valence-corrected chi connectivity index (χ1v) is 8.83. The number of Topliss-reactive ketones (excluding diaryl/α,β-unsaturated/α-hetero) is 1. The molecule has 5 nitrogen and oxygen atoms in total. The van der Waals surface area contributed by atoms with Crippen molar-refractivity contribution >= 4 is 40.2 Å². The van der Waals surface area contributed by atoms with Gasteiger partial charge in [0.1, 0.15) is 0 Å². The number of para-hydroxylation sites is 2. The number of benzene rings is 2. The van der Waals surface area contributed by atoms with Crippen LogP contribution >= 0.6 is 11.8 Å². The third kappa shape index (κ3) is 3.74. The minimum atomic E-state index is -0.262. The molecule has 25 heavy (non-hydrogen) atoms. The standard InChI is InChI=1S/C19H19N3O2S/c1-12(18(24)14-8-10-15(11-9-14)20-13(2)23)25-19-21-16-6-4-5-7-17(16)22(19)3/h4-12H,1-3H3,(H,20,23). The Hall–Kier alpha value is -2.60. The number of rotatable bonds is 5. The van der Waals surface area contributed by atoms with Crippen LogP contribution in [0.15, 0.2) is 53.7 Å². The highest BCUT2D eigenvalue weighted by Crippen LogP contribution is 2.28.